The summed E-state index contributed by atoms with van der Waals surface area (Å²) in [4.78, 5) is 11.1. The van der Waals surface area contributed by atoms with Crippen LogP contribution in [0, 0.1) is 0 Å². The van der Waals surface area contributed by atoms with Gasteiger partial charge in [0.1, 0.15) is 17.5 Å². The molecule has 0 amide bonds. The van der Waals surface area contributed by atoms with Crippen molar-refractivity contribution < 1.29 is 4.74 Å². The highest BCUT2D eigenvalue weighted by Gasteiger charge is 2.01. The number of hydrogen-bond acceptors (Lipinski definition) is 2. The molecular weight excluding hydrogens is 309 g/mol. The number of rotatable bonds is 4. The predicted octanol–water partition coefficient (Wildman–Crippen LogP) is 3.89. The molecule has 3 nitrogen and oxygen atoms in total. The minimum atomic E-state index is -0.121. The van der Waals surface area contributed by atoms with Gasteiger partial charge in [-0.2, -0.15) is 0 Å². The van der Waals surface area contributed by atoms with Crippen LogP contribution in [-0.2, 0) is 6.54 Å². The van der Waals surface area contributed by atoms with E-state index in [9.17, 15) is 4.79 Å². The zero-order valence-electron chi connectivity index (χ0n) is 9.78. The summed E-state index contributed by atoms with van der Waals surface area (Å²) in [6, 6.07) is 7.80. The first-order chi connectivity index (χ1) is 9.04. The first kappa shape index (κ1) is 14.3. The monoisotopic (exact) mass is 317 g/mol. The van der Waals surface area contributed by atoms with Gasteiger partial charge in [-0.25, -0.2) is 0 Å². The summed E-state index contributed by atoms with van der Waals surface area (Å²) < 4.78 is 7.25. The standard InChI is InChI=1S/C13H10Cl3NO2/c14-9-5-10(15)7-12(6-9)19-4-3-17-2-1-11(18)8-13(17)16/h1-2,5-8H,3-4H2. The smallest absolute Gasteiger partial charge is 0.183 e. The normalized spacial score (nSPS) is 10.5. The molecular formula is C13H10Cl3NO2. The Bertz CT molecular complexity index is 620. The lowest BCUT2D eigenvalue weighted by Crippen LogP contribution is -2.11. The molecule has 2 rings (SSSR count). The largest absolute Gasteiger partial charge is 0.492 e. The van der Waals surface area contributed by atoms with E-state index in [2.05, 4.69) is 0 Å². The fourth-order valence-corrected chi connectivity index (χ4v) is 2.29. The molecule has 0 saturated heterocycles. The Hall–Kier alpha value is -1.16. The average molecular weight is 319 g/mol. The number of pyridine rings is 1. The molecule has 19 heavy (non-hydrogen) atoms. The Morgan fingerprint density at radius 2 is 1.74 bits per heavy atom. The van der Waals surface area contributed by atoms with E-state index in [4.69, 9.17) is 39.5 Å². The minimum Gasteiger partial charge on any atom is -0.492 e. The van der Waals surface area contributed by atoms with Gasteiger partial charge in [0.05, 0.1) is 6.54 Å². The number of benzene rings is 1. The highest BCUT2D eigenvalue weighted by atomic mass is 35.5. The van der Waals surface area contributed by atoms with Crippen LogP contribution in [0.15, 0.2) is 41.3 Å². The van der Waals surface area contributed by atoms with E-state index < -0.39 is 0 Å². The average Bonchev–Trinajstić information content (AvgIpc) is 2.30. The van der Waals surface area contributed by atoms with Crippen LogP contribution in [0.3, 0.4) is 0 Å². The molecule has 6 heteroatoms. The quantitative estimate of drug-likeness (QED) is 0.801. The molecule has 0 atom stereocenters. The molecule has 0 unspecified atom stereocenters. The predicted molar refractivity (Wildman–Crippen MR) is 77.7 cm³/mol. The second-order valence-corrected chi connectivity index (χ2v) is 5.09. The van der Waals surface area contributed by atoms with Crippen molar-refractivity contribution in [1.82, 2.24) is 4.57 Å². The summed E-state index contributed by atoms with van der Waals surface area (Å²) in [6.45, 7) is 0.905. The van der Waals surface area contributed by atoms with E-state index in [1.807, 2.05) is 0 Å². The number of halogens is 3. The third-order valence-corrected chi connectivity index (χ3v) is 3.15. The van der Waals surface area contributed by atoms with Crippen LogP contribution in [0.2, 0.25) is 15.2 Å². The van der Waals surface area contributed by atoms with Gasteiger partial charge in [0.25, 0.3) is 0 Å². The summed E-state index contributed by atoms with van der Waals surface area (Å²) in [6.07, 6.45) is 1.62. The summed E-state index contributed by atoms with van der Waals surface area (Å²) in [7, 11) is 0. The van der Waals surface area contributed by atoms with E-state index in [-0.39, 0.29) is 5.43 Å². The molecule has 0 aliphatic heterocycles. The third-order valence-electron chi connectivity index (χ3n) is 2.39. The van der Waals surface area contributed by atoms with Crippen LogP contribution in [0.1, 0.15) is 0 Å². The molecule has 0 fully saturated rings. The molecule has 100 valence electrons. The second kappa shape index (κ2) is 6.33. The van der Waals surface area contributed by atoms with Crippen molar-refractivity contribution >= 4 is 34.8 Å². The molecule has 0 aliphatic rings. The van der Waals surface area contributed by atoms with Gasteiger partial charge in [-0.3, -0.25) is 4.79 Å². The van der Waals surface area contributed by atoms with Crippen molar-refractivity contribution in [3.8, 4) is 5.75 Å². The van der Waals surface area contributed by atoms with Crippen LogP contribution >= 0.6 is 34.8 Å². The van der Waals surface area contributed by atoms with Gasteiger partial charge >= 0.3 is 0 Å². The van der Waals surface area contributed by atoms with E-state index in [1.54, 1.807) is 29.0 Å². The SMILES string of the molecule is O=c1ccn(CCOc2cc(Cl)cc(Cl)c2)c(Cl)c1. The van der Waals surface area contributed by atoms with Crippen LogP contribution in [-0.4, -0.2) is 11.2 Å². The Labute approximate surface area is 125 Å². The van der Waals surface area contributed by atoms with Gasteiger partial charge in [-0.05, 0) is 18.2 Å². The summed E-state index contributed by atoms with van der Waals surface area (Å²) in [5.74, 6) is 0.592. The van der Waals surface area contributed by atoms with Crippen molar-refractivity contribution in [2.75, 3.05) is 6.61 Å². The van der Waals surface area contributed by atoms with Crippen molar-refractivity contribution in [1.29, 1.82) is 0 Å². The lowest BCUT2D eigenvalue weighted by Gasteiger charge is -2.10. The van der Waals surface area contributed by atoms with Crippen molar-refractivity contribution in [2.45, 2.75) is 6.54 Å². The third kappa shape index (κ3) is 4.16. The summed E-state index contributed by atoms with van der Waals surface area (Å²) in [5.41, 5.74) is -0.121. The number of nitrogens with zero attached hydrogens (tertiary/aromatic N) is 1. The maximum absolute atomic E-state index is 11.1. The fraction of sp³-hybridized carbons (Fsp3) is 0.154. The molecule has 0 saturated carbocycles. The maximum atomic E-state index is 11.1. The van der Waals surface area contributed by atoms with Crippen LogP contribution < -0.4 is 10.2 Å². The van der Waals surface area contributed by atoms with Gasteiger partial charge in [-0.1, -0.05) is 34.8 Å². The molecule has 1 aromatic carbocycles. The zero-order chi connectivity index (χ0) is 13.8. The molecule has 1 aromatic heterocycles. The summed E-state index contributed by atoms with van der Waals surface area (Å²) >= 11 is 17.7. The summed E-state index contributed by atoms with van der Waals surface area (Å²) in [5, 5.41) is 1.41. The van der Waals surface area contributed by atoms with Crippen molar-refractivity contribution in [3.63, 3.8) is 0 Å². The van der Waals surface area contributed by atoms with E-state index in [0.29, 0.717) is 34.1 Å². The lowest BCUT2D eigenvalue weighted by molar-refractivity contribution is 0.298. The number of aromatic nitrogens is 1. The maximum Gasteiger partial charge on any atom is 0.183 e. The highest BCUT2D eigenvalue weighted by molar-refractivity contribution is 6.34. The first-order valence-corrected chi connectivity index (χ1v) is 6.63. The van der Waals surface area contributed by atoms with Gasteiger partial charge in [0, 0.05) is 28.4 Å². The van der Waals surface area contributed by atoms with E-state index >= 15 is 0 Å². The topological polar surface area (TPSA) is 31.2 Å². The first-order valence-electron chi connectivity index (χ1n) is 5.49. The van der Waals surface area contributed by atoms with Crippen LogP contribution in [0.25, 0.3) is 0 Å². The highest BCUT2D eigenvalue weighted by Crippen LogP contribution is 2.24. The Morgan fingerprint density at radius 3 is 2.37 bits per heavy atom. The molecule has 0 bridgehead atoms. The van der Waals surface area contributed by atoms with Gasteiger partial charge in [0.15, 0.2) is 5.43 Å². The Balaban J connectivity index is 1.98. The van der Waals surface area contributed by atoms with Gasteiger partial charge in [-0.15, -0.1) is 0 Å². The molecule has 0 radical (unpaired) electrons. The van der Waals surface area contributed by atoms with Crippen molar-refractivity contribution in [3.05, 3.63) is 62.0 Å². The zero-order valence-corrected chi connectivity index (χ0v) is 12.0. The van der Waals surface area contributed by atoms with Gasteiger partial charge in [0.2, 0.25) is 0 Å². The molecule has 2 aromatic rings. The Morgan fingerprint density at radius 1 is 1.05 bits per heavy atom. The molecule has 0 spiro atoms. The van der Waals surface area contributed by atoms with E-state index in [0.717, 1.165) is 0 Å². The molecule has 0 N–H and O–H groups in total. The van der Waals surface area contributed by atoms with Crippen LogP contribution in [0.4, 0.5) is 0 Å². The number of ether oxygens (including phenoxy) is 1. The molecule has 0 aliphatic carbocycles. The van der Waals surface area contributed by atoms with Crippen molar-refractivity contribution in [2.24, 2.45) is 0 Å². The second-order valence-electron chi connectivity index (χ2n) is 3.83. The van der Waals surface area contributed by atoms with E-state index in [1.165, 1.54) is 12.1 Å². The lowest BCUT2D eigenvalue weighted by atomic mass is 10.3. The fourth-order valence-electron chi connectivity index (χ4n) is 1.54. The molecule has 1 heterocycles. The van der Waals surface area contributed by atoms with Crippen LogP contribution in [0.5, 0.6) is 5.75 Å². The van der Waals surface area contributed by atoms with Gasteiger partial charge < -0.3 is 9.30 Å². The Kier molecular flexibility index (Phi) is 4.75. The minimum absolute atomic E-state index is 0.121. The number of hydrogen-bond donors (Lipinski definition) is 0.